The molecule has 1 fully saturated rings. The first-order valence-electron chi connectivity index (χ1n) is 11.7. The minimum absolute atomic E-state index is 0. The van der Waals surface area contributed by atoms with Gasteiger partial charge in [0, 0.05) is 19.1 Å². The highest BCUT2D eigenvalue weighted by Gasteiger charge is 2.21. The number of nitrogens with zero attached hydrogens (tertiary/aromatic N) is 3. The van der Waals surface area contributed by atoms with E-state index in [0.717, 1.165) is 56.0 Å². The molecule has 1 unspecified atom stereocenters. The summed E-state index contributed by atoms with van der Waals surface area (Å²) in [6.07, 6.45) is 8.85. The topological polar surface area (TPSA) is 65.7 Å². The van der Waals surface area contributed by atoms with Crippen molar-refractivity contribution in [2.45, 2.75) is 92.2 Å². The van der Waals surface area contributed by atoms with Crippen molar-refractivity contribution in [2.24, 2.45) is 10.9 Å². The van der Waals surface area contributed by atoms with Gasteiger partial charge in [0.1, 0.15) is 5.76 Å². The Morgan fingerprint density at radius 3 is 2.53 bits per heavy atom. The smallest absolute Gasteiger partial charge is 0.208 e. The average Bonchev–Trinajstić information content (AvgIpc) is 3.01. The zero-order valence-corrected chi connectivity index (χ0v) is 22.1. The van der Waals surface area contributed by atoms with Gasteiger partial charge in [-0.1, -0.05) is 32.6 Å². The summed E-state index contributed by atoms with van der Waals surface area (Å²) in [7, 11) is 0. The molecule has 2 N–H and O–H groups in total. The minimum atomic E-state index is 0. The van der Waals surface area contributed by atoms with Crippen LogP contribution < -0.4 is 10.6 Å². The van der Waals surface area contributed by atoms with Crippen molar-refractivity contribution in [3.8, 4) is 0 Å². The van der Waals surface area contributed by atoms with Crippen molar-refractivity contribution in [1.29, 1.82) is 0 Å². The number of aliphatic imine (C=N–C) groups is 1. The van der Waals surface area contributed by atoms with E-state index in [1.807, 2.05) is 13.8 Å². The van der Waals surface area contributed by atoms with Gasteiger partial charge in [-0.25, -0.2) is 4.98 Å². The molecule has 7 heteroatoms. The third-order valence-electron chi connectivity index (χ3n) is 5.86. The number of guanidine groups is 1. The molecule has 0 bridgehead atoms. The van der Waals surface area contributed by atoms with Gasteiger partial charge in [-0.05, 0) is 66.0 Å². The maximum atomic E-state index is 5.74. The van der Waals surface area contributed by atoms with Gasteiger partial charge in [-0.3, -0.25) is 9.89 Å². The Balaban J connectivity index is 0.00000450. The number of rotatable bonds is 11. The lowest BCUT2D eigenvalue weighted by atomic mass is 9.97. The standard InChI is InChI=1S/C23H43N5O.HI/c1-6-8-9-10-11-18(3)26-23(24-7-2)25-16-21-12-14-28(15-13-21)17-22-27-19(4)20(5)29-22;/h18,21H,6-17H2,1-5H3,(H2,24,25,26);1H. The highest BCUT2D eigenvalue weighted by molar-refractivity contribution is 14.0. The number of halogens is 1. The van der Waals surface area contributed by atoms with Gasteiger partial charge in [0.05, 0.1) is 12.2 Å². The first kappa shape index (κ1) is 27.2. The minimum Gasteiger partial charge on any atom is -0.444 e. The van der Waals surface area contributed by atoms with E-state index in [9.17, 15) is 0 Å². The number of aryl methyl sites for hydroxylation is 2. The Hall–Kier alpha value is -0.830. The van der Waals surface area contributed by atoms with E-state index in [4.69, 9.17) is 9.41 Å². The zero-order valence-electron chi connectivity index (χ0n) is 19.8. The molecule has 1 aromatic rings. The van der Waals surface area contributed by atoms with Gasteiger partial charge in [-0.2, -0.15) is 0 Å². The van der Waals surface area contributed by atoms with Crippen LogP contribution in [0.15, 0.2) is 9.41 Å². The molecule has 1 atom stereocenters. The van der Waals surface area contributed by atoms with Gasteiger partial charge < -0.3 is 15.1 Å². The van der Waals surface area contributed by atoms with E-state index in [1.54, 1.807) is 0 Å². The summed E-state index contributed by atoms with van der Waals surface area (Å²) in [5.74, 6) is 3.42. The number of aromatic nitrogens is 1. The number of likely N-dealkylation sites (tertiary alicyclic amines) is 1. The summed E-state index contributed by atoms with van der Waals surface area (Å²) >= 11 is 0. The summed E-state index contributed by atoms with van der Waals surface area (Å²) in [5, 5.41) is 7.00. The van der Waals surface area contributed by atoms with Gasteiger partial charge in [0.15, 0.2) is 5.96 Å². The molecule has 1 aromatic heterocycles. The number of nitrogens with one attached hydrogen (secondary N) is 2. The third-order valence-corrected chi connectivity index (χ3v) is 5.86. The third kappa shape index (κ3) is 9.98. The Kier molecular flexibility index (Phi) is 13.6. The van der Waals surface area contributed by atoms with E-state index < -0.39 is 0 Å². The summed E-state index contributed by atoms with van der Waals surface area (Å²) in [5.41, 5.74) is 1.01. The Morgan fingerprint density at radius 1 is 1.20 bits per heavy atom. The summed E-state index contributed by atoms with van der Waals surface area (Å²) in [6.45, 7) is 15.5. The lowest BCUT2D eigenvalue weighted by Crippen LogP contribution is -2.42. The largest absolute Gasteiger partial charge is 0.444 e. The number of unbranched alkanes of at least 4 members (excludes halogenated alkanes) is 3. The SMILES string of the molecule is CCCCCCC(C)NC(=NCC1CCN(Cc2nc(C)c(C)o2)CC1)NCC.I. The molecule has 2 rings (SSSR count). The quantitative estimate of drug-likeness (QED) is 0.181. The van der Waals surface area contributed by atoms with Crippen molar-refractivity contribution in [3.63, 3.8) is 0 Å². The molecule has 6 nitrogen and oxygen atoms in total. The van der Waals surface area contributed by atoms with Crippen LogP contribution >= 0.6 is 24.0 Å². The molecule has 0 spiro atoms. The molecular formula is C23H44IN5O. The molecule has 0 saturated carbocycles. The monoisotopic (exact) mass is 533 g/mol. The van der Waals surface area contributed by atoms with Crippen LogP contribution in [-0.2, 0) is 6.54 Å². The fraction of sp³-hybridized carbons (Fsp3) is 0.826. The van der Waals surface area contributed by atoms with Crippen molar-refractivity contribution in [2.75, 3.05) is 26.2 Å². The summed E-state index contributed by atoms with van der Waals surface area (Å²) in [4.78, 5) is 11.9. The molecule has 0 aromatic carbocycles. The van der Waals surface area contributed by atoms with Gasteiger partial charge >= 0.3 is 0 Å². The second-order valence-corrected chi connectivity index (χ2v) is 8.58. The van der Waals surface area contributed by atoms with Crippen LogP contribution in [0, 0.1) is 19.8 Å². The lowest BCUT2D eigenvalue weighted by Gasteiger charge is -2.30. The predicted octanol–water partition coefficient (Wildman–Crippen LogP) is 5.04. The van der Waals surface area contributed by atoms with Gasteiger partial charge in [-0.15, -0.1) is 24.0 Å². The molecule has 174 valence electrons. The van der Waals surface area contributed by atoms with E-state index in [1.165, 1.54) is 44.9 Å². The number of hydrogen-bond donors (Lipinski definition) is 2. The van der Waals surface area contributed by atoms with Crippen molar-refractivity contribution in [1.82, 2.24) is 20.5 Å². The van der Waals surface area contributed by atoms with Crippen LogP contribution in [0.25, 0.3) is 0 Å². The van der Waals surface area contributed by atoms with E-state index in [0.29, 0.717) is 12.0 Å². The summed E-state index contributed by atoms with van der Waals surface area (Å²) < 4.78 is 5.74. The molecule has 30 heavy (non-hydrogen) atoms. The fourth-order valence-corrected chi connectivity index (χ4v) is 3.85. The molecule has 0 aliphatic carbocycles. The van der Waals surface area contributed by atoms with E-state index >= 15 is 0 Å². The molecular weight excluding hydrogens is 489 g/mol. The van der Waals surface area contributed by atoms with Crippen molar-refractivity contribution >= 4 is 29.9 Å². The van der Waals surface area contributed by atoms with Gasteiger partial charge in [0.2, 0.25) is 5.89 Å². The fourth-order valence-electron chi connectivity index (χ4n) is 3.85. The van der Waals surface area contributed by atoms with Crippen molar-refractivity contribution in [3.05, 3.63) is 17.3 Å². The Morgan fingerprint density at radius 2 is 1.93 bits per heavy atom. The second kappa shape index (κ2) is 15.1. The second-order valence-electron chi connectivity index (χ2n) is 8.58. The van der Waals surface area contributed by atoms with Crippen molar-refractivity contribution < 1.29 is 4.42 Å². The van der Waals surface area contributed by atoms with E-state index in [-0.39, 0.29) is 24.0 Å². The number of oxazole rings is 1. The van der Waals surface area contributed by atoms with Crippen LogP contribution in [0.1, 0.15) is 83.1 Å². The highest BCUT2D eigenvalue weighted by Crippen LogP contribution is 2.20. The maximum absolute atomic E-state index is 5.74. The summed E-state index contributed by atoms with van der Waals surface area (Å²) in [6, 6.07) is 0.471. The molecule has 1 saturated heterocycles. The predicted molar refractivity (Wildman–Crippen MR) is 137 cm³/mol. The van der Waals surface area contributed by atoms with Crippen LogP contribution in [0.5, 0.6) is 0 Å². The lowest BCUT2D eigenvalue weighted by molar-refractivity contribution is 0.166. The van der Waals surface area contributed by atoms with E-state index in [2.05, 4.69) is 41.3 Å². The molecule has 1 aliphatic rings. The zero-order chi connectivity index (χ0) is 21.1. The molecule has 0 radical (unpaired) electrons. The average molecular weight is 534 g/mol. The van der Waals surface area contributed by atoms with Crippen LogP contribution in [-0.4, -0.2) is 48.1 Å². The number of piperidine rings is 1. The molecule has 0 amide bonds. The van der Waals surface area contributed by atoms with Crippen LogP contribution in [0.4, 0.5) is 0 Å². The van der Waals surface area contributed by atoms with Crippen LogP contribution in [0.2, 0.25) is 0 Å². The van der Waals surface area contributed by atoms with Gasteiger partial charge in [0.25, 0.3) is 0 Å². The molecule has 1 aliphatic heterocycles. The first-order valence-corrected chi connectivity index (χ1v) is 11.7. The normalized spacial score (nSPS) is 16.9. The maximum Gasteiger partial charge on any atom is 0.208 e. The number of hydrogen-bond acceptors (Lipinski definition) is 4. The Bertz CT molecular complexity index is 591. The Labute approximate surface area is 201 Å². The first-order chi connectivity index (χ1) is 14.0. The highest BCUT2D eigenvalue weighted by atomic mass is 127. The molecule has 2 heterocycles. The van der Waals surface area contributed by atoms with Crippen LogP contribution in [0.3, 0.4) is 0 Å².